The van der Waals surface area contributed by atoms with Crippen LogP contribution in [-0.2, 0) is 0 Å². The Labute approximate surface area is 219 Å². The third kappa shape index (κ3) is 3.31. The highest BCUT2D eigenvalue weighted by molar-refractivity contribution is 5.98. The first-order valence-electron chi connectivity index (χ1n) is 13.0. The first-order chi connectivity index (χ1) is 18.8. The zero-order valence-electron chi connectivity index (χ0n) is 20.6. The van der Waals surface area contributed by atoms with Gasteiger partial charge in [-0.25, -0.2) is 9.97 Å². The summed E-state index contributed by atoms with van der Waals surface area (Å²) in [5.41, 5.74) is 10.7. The lowest BCUT2D eigenvalue weighted by Gasteiger charge is -2.14. The molecule has 1 atom stereocenters. The second kappa shape index (κ2) is 8.29. The molecule has 3 heterocycles. The Kier molecular flexibility index (Phi) is 4.61. The highest BCUT2D eigenvalue weighted by Crippen LogP contribution is 2.35. The second-order valence-electron chi connectivity index (χ2n) is 9.83. The van der Waals surface area contributed by atoms with Crippen molar-refractivity contribution >= 4 is 44.1 Å². The summed E-state index contributed by atoms with van der Waals surface area (Å²) in [4.78, 5) is 9.79. The van der Waals surface area contributed by atoms with Crippen LogP contribution in [0.2, 0.25) is 0 Å². The Morgan fingerprint density at radius 3 is 2.24 bits per heavy atom. The molecule has 0 saturated heterocycles. The number of hydrogen-bond acceptors (Lipinski definition) is 3. The van der Waals surface area contributed by atoms with Crippen molar-refractivity contribution < 1.29 is 4.42 Å². The van der Waals surface area contributed by atoms with Crippen LogP contribution in [0.1, 0.15) is 23.8 Å². The number of nitrogens with zero attached hydrogens (tertiary/aromatic N) is 3. The van der Waals surface area contributed by atoms with Crippen LogP contribution in [0.25, 0.3) is 55.4 Å². The number of allylic oxidation sites excluding steroid dienone is 4. The van der Waals surface area contributed by atoms with Crippen LogP contribution in [-0.4, -0.2) is 14.4 Å². The summed E-state index contributed by atoms with van der Waals surface area (Å²) in [6, 6.07) is 35.8. The molecule has 0 saturated carbocycles. The summed E-state index contributed by atoms with van der Waals surface area (Å²) >= 11 is 0. The molecule has 1 aliphatic carbocycles. The fourth-order valence-corrected chi connectivity index (χ4v) is 5.61. The smallest absolute Gasteiger partial charge is 0.202 e. The van der Waals surface area contributed by atoms with E-state index in [1.54, 1.807) is 0 Å². The van der Waals surface area contributed by atoms with Crippen molar-refractivity contribution in [3.8, 4) is 11.3 Å². The van der Waals surface area contributed by atoms with Crippen LogP contribution in [0.3, 0.4) is 0 Å². The number of benzene rings is 4. The van der Waals surface area contributed by atoms with Gasteiger partial charge in [0.25, 0.3) is 0 Å². The van der Waals surface area contributed by atoms with Gasteiger partial charge in [-0.1, -0.05) is 85.0 Å². The lowest BCUT2D eigenvalue weighted by molar-refractivity contribution is 0.505. The van der Waals surface area contributed by atoms with Crippen molar-refractivity contribution in [3.05, 3.63) is 133 Å². The van der Waals surface area contributed by atoms with Gasteiger partial charge in [0.15, 0.2) is 5.58 Å². The van der Waals surface area contributed by atoms with Crippen LogP contribution >= 0.6 is 0 Å². The Morgan fingerprint density at radius 1 is 0.684 bits per heavy atom. The average molecular weight is 490 g/mol. The zero-order chi connectivity index (χ0) is 25.1. The largest absolute Gasteiger partial charge is 0.440 e. The third-order valence-electron chi connectivity index (χ3n) is 7.53. The monoisotopic (exact) mass is 489 g/mol. The number of oxazole rings is 1. The van der Waals surface area contributed by atoms with Gasteiger partial charge in [0.1, 0.15) is 5.52 Å². The fourth-order valence-electron chi connectivity index (χ4n) is 5.61. The van der Waals surface area contributed by atoms with E-state index in [0.717, 1.165) is 51.2 Å². The highest BCUT2D eigenvalue weighted by atomic mass is 16.3. The molecule has 0 radical (unpaired) electrons. The molecule has 1 aliphatic rings. The first kappa shape index (κ1) is 21.2. The van der Waals surface area contributed by atoms with Crippen molar-refractivity contribution in [2.75, 3.05) is 0 Å². The number of para-hydroxylation sites is 5. The first-order valence-corrected chi connectivity index (χ1v) is 13.0. The minimum Gasteiger partial charge on any atom is -0.440 e. The highest BCUT2D eigenvalue weighted by Gasteiger charge is 2.18. The Balaban J connectivity index is 1.15. The van der Waals surface area contributed by atoms with Crippen LogP contribution in [0.4, 0.5) is 0 Å². The molecule has 3 aromatic heterocycles. The number of fused-ring (bicyclic) bond motifs is 6. The van der Waals surface area contributed by atoms with E-state index in [1.807, 2.05) is 24.3 Å². The van der Waals surface area contributed by atoms with Crippen LogP contribution in [0.15, 0.2) is 126 Å². The minimum absolute atomic E-state index is 0.156. The van der Waals surface area contributed by atoms with Crippen molar-refractivity contribution in [3.63, 3.8) is 0 Å². The predicted molar refractivity (Wildman–Crippen MR) is 154 cm³/mol. The Hall–Kier alpha value is -4.96. The molecule has 4 aromatic carbocycles. The van der Waals surface area contributed by atoms with E-state index in [-0.39, 0.29) is 5.92 Å². The van der Waals surface area contributed by atoms with Crippen LogP contribution in [0, 0.1) is 0 Å². The SMILES string of the molecule is C1=CC(c2nc3ccccc3o2)CC=C1c1ccc(-c2nc3ccccc3n3c2cc2ccccc23)cc1. The summed E-state index contributed by atoms with van der Waals surface area (Å²) in [6.45, 7) is 0. The van der Waals surface area contributed by atoms with Gasteiger partial charge in [-0.05, 0) is 54.0 Å². The molecule has 0 amide bonds. The van der Waals surface area contributed by atoms with Gasteiger partial charge < -0.3 is 8.82 Å². The topological polar surface area (TPSA) is 43.3 Å². The molecule has 7 aromatic rings. The van der Waals surface area contributed by atoms with E-state index in [0.29, 0.717) is 0 Å². The van der Waals surface area contributed by atoms with Gasteiger partial charge in [0.05, 0.1) is 33.7 Å². The molecule has 1 unspecified atom stereocenters. The van der Waals surface area contributed by atoms with Gasteiger partial charge in [-0.2, -0.15) is 0 Å². The summed E-state index contributed by atoms with van der Waals surface area (Å²) in [7, 11) is 0. The lowest BCUT2D eigenvalue weighted by Crippen LogP contribution is -1.99. The molecule has 0 spiro atoms. The lowest BCUT2D eigenvalue weighted by atomic mass is 9.92. The van der Waals surface area contributed by atoms with Gasteiger partial charge in [0, 0.05) is 10.9 Å². The summed E-state index contributed by atoms with van der Waals surface area (Å²) in [5.74, 6) is 0.933. The van der Waals surface area contributed by atoms with E-state index >= 15 is 0 Å². The van der Waals surface area contributed by atoms with E-state index < -0.39 is 0 Å². The van der Waals surface area contributed by atoms with E-state index in [1.165, 1.54) is 22.0 Å². The van der Waals surface area contributed by atoms with Gasteiger partial charge in [0.2, 0.25) is 5.89 Å². The van der Waals surface area contributed by atoms with E-state index in [9.17, 15) is 0 Å². The fraction of sp³-hybridized carbons (Fsp3) is 0.0588. The maximum atomic E-state index is 6.00. The predicted octanol–water partition coefficient (Wildman–Crippen LogP) is 8.58. The molecule has 4 heteroatoms. The number of hydrogen-bond donors (Lipinski definition) is 0. The maximum Gasteiger partial charge on any atom is 0.202 e. The minimum atomic E-state index is 0.156. The Morgan fingerprint density at radius 2 is 1.42 bits per heavy atom. The molecule has 4 nitrogen and oxygen atoms in total. The van der Waals surface area contributed by atoms with Crippen LogP contribution < -0.4 is 0 Å². The molecule has 0 aliphatic heterocycles. The van der Waals surface area contributed by atoms with Crippen LogP contribution in [0.5, 0.6) is 0 Å². The normalized spacial score (nSPS) is 15.6. The van der Waals surface area contributed by atoms with E-state index in [2.05, 4.69) is 106 Å². The van der Waals surface area contributed by atoms with Crippen molar-refractivity contribution in [2.24, 2.45) is 0 Å². The van der Waals surface area contributed by atoms with Crippen molar-refractivity contribution in [1.29, 1.82) is 0 Å². The molecule has 0 bridgehead atoms. The van der Waals surface area contributed by atoms with Gasteiger partial charge >= 0.3 is 0 Å². The third-order valence-corrected chi connectivity index (χ3v) is 7.53. The second-order valence-corrected chi connectivity index (χ2v) is 9.83. The summed E-state index contributed by atoms with van der Waals surface area (Å²) < 4.78 is 8.33. The molecule has 0 N–H and O–H groups in total. The molecule has 180 valence electrons. The van der Waals surface area contributed by atoms with Gasteiger partial charge in [-0.15, -0.1) is 0 Å². The number of aromatic nitrogens is 3. The quantitative estimate of drug-likeness (QED) is 0.250. The standard InChI is InChI=1S/C34H23N3O/c1-4-10-29-26(7-1)21-31-33(35-27-8-2-5-11-30(27)37(29)31)24-17-13-22(14-18-24)23-15-19-25(20-16-23)34-36-28-9-3-6-12-32(28)38-34/h1-19,21,25H,20H2. The average Bonchev–Trinajstić information content (AvgIpc) is 3.59. The molecular weight excluding hydrogens is 466 g/mol. The number of rotatable bonds is 3. The molecule has 0 fully saturated rings. The maximum absolute atomic E-state index is 6.00. The van der Waals surface area contributed by atoms with Gasteiger partial charge in [-0.3, -0.25) is 0 Å². The molecule has 38 heavy (non-hydrogen) atoms. The van der Waals surface area contributed by atoms with Crippen molar-refractivity contribution in [2.45, 2.75) is 12.3 Å². The summed E-state index contributed by atoms with van der Waals surface area (Å²) in [5, 5.41) is 1.22. The van der Waals surface area contributed by atoms with Crippen molar-refractivity contribution in [1.82, 2.24) is 14.4 Å². The Bertz CT molecular complexity index is 2020. The summed E-state index contributed by atoms with van der Waals surface area (Å²) in [6.07, 6.45) is 7.53. The zero-order valence-corrected chi connectivity index (χ0v) is 20.6. The molecule has 8 rings (SSSR count). The van der Waals surface area contributed by atoms with E-state index in [4.69, 9.17) is 9.40 Å². The molecular formula is C34H23N3O.